The predicted octanol–water partition coefficient (Wildman–Crippen LogP) is 12.0. The van der Waals surface area contributed by atoms with Gasteiger partial charge in [0.1, 0.15) is 23.2 Å². The first kappa shape index (κ1) is 30.4. The van der Waals surface area contributed by atoms with Gasteiger partial charge >= 0.3 is 0 Å². The van der Waals surface area contributed by atoms with Crippen LogP contribution in [0.4, 0.5) is 0 Å². The van der Waals surface area contributed by atoms with Crippen LogP contribution in [0.15, 0.2) is 196 Å². The van der Waals surface area contributed by atoms with Crippen molar-refractivity contribution < 1.29 is 4.42 Å². The number of hydrogen-bond acceptors (Lipinski definition) is 4. The Balaban J connectivity index is 1.05. The molecule has 5 nitrogen and oxygen atoms in total. The van der Waals surface area contributed by atoms with Gasteiger partial charge in [-0.05, 0) is 69.9 Å². The highest BCUT2D eigenvalue weighted by molar-refractivity contribution is 6.22. The Kier molecular flexibility index (Phi) is 6.85. The number of benzene rings is 8. The molecule has 54 heavy (non-hydrogen) atoms. The summed E-state index contributed by atoms with van der Waals surface area (Å²) in [5, 5.41) is 10.7. The summed E-state index contributed by atoms with van der Waals surface area (Å²) < 4.78 is 8.64. The second kappa shape index (κ2) is 12.2. The van der Waals surface area contributed by atoms with Crippen molar-refractivity contribution in [2.75, 3.05) is 0 Å². The minimum Gasteiger partial charge on any atom is -0.456 e. The number of rotatable bonds is 5. The number of furan rings is 1. The van der Waals surface area contributed by atoms with Gasteiger partial charge in [-0.15, -0.1) is 0 Å². The van der Waals surface area contributed by atoms with E-state index in [2.05, 4.69) is 162 Å². The molecule has 2 aromatic heterocycles. The lowest BCUT2D eigenvalue weighted by Gasteiger charge is -2.24. The van der Waals surface area contributed by atoms with Gasteiger partial charge in [-0.2, -0.15) is 0 Å². The summed E-state index contributed by atoms with van der Waals surface area (Å²) in [5.41, 5.74) is 10.4. The molecule has 8 aromatic carbocycles. The Bertz CT molecular complexity index is 3090. The standard InChI is InChI=1S/C49H32N4O/c1-2-12-34-29-35(28-25-31(34)11-1)32-23-26-33(27-24-32)47-50-48(52-49(51-47)41-18-10-22-45-46(41)40-17-5-8-21-44(40)54-45)36-13-9-14-37(30-36)53-42-19-6-3-15-38(42)39-16-4-7-20-43(39)53/h1-30,47H,(H,50,51,52). The molecule has 0 aliphatic carbocycles. The van der Waals surface area contributed by atoms with Gasteiger partial charge in [0.2, 0.25) is 0 Å². The third kappa shape index (κ3) is 4.94. The van der Waals surface area contributed by atoms with E-state index in [4.69, 9.17) is 14.4 Å². The van der Waals surface area contributed by atoms with Gasteiger partial charge < -0.3 is 14.3 Å². The summed E-state index contributed by atoms with van der Waals surface area (Å²) in [7, 11) is 0. The maximum Gasteiger partial charge on any atom is 0.160 e. The third-order valence-corrected chi connectivity index (χ3v) is 10.7. The average Bonchev–Trinajstić information content (AvgIpc) is 3.80. The molecular formula is C49H32N4O. The predicted molar refractivity (Wildman–Crippen MR) is 223 cm³/mol. The average molecular weight is 693 g/mol. The second-order valence-electron chi connectivity index (χ2n) is 13.8. The van der Waals surface area contributed by atoms with Crippen molar-refractivity contribution in [3.8, 4) is 16.8 Å². The number of fused-ring (bicyclic) bond motifs is 7. The molecule has 0 amide bonds. The van der Waals surface area contributed by atoms with E-state index in [1.807, 2.05) is 30.3 Å². The lowest BCUT2D eigenvalue weighted by Crippen LogP contribution is -2.33. The molecule has 0 fully saturated rings. The van der Waals surface area contributed by atoms with Gasteiger partial charge in [-0.1, -0.05) is 140 Å². The largest absolute Gasteiger partial charge is 0.456 e. The lowest BCUT2D eigenvalue weighted by atomic mass is 9.99. The molecule has 0 saturated heterocycles. The van der Waals surface area contributed by atoms with Crippen LogP contribution >= 0.6 is 0 Å². The minimum atomic E-state index is -0.372. The number of amidine groups is 2. The van der Waals surface area contributed by atoms with E-state index in [1.165, 1.54) is 38.1 Å². The Morgan fingerprint density at radius 2 is 1.17 bits per heavy atom. The summed E-state index contributed by atoms with van der Waals surface area (Å²) >= 11 is 0. The van der Waals surface area contributed by atoms with Crippen LogP contribution in [0, 0.1) is 0 Å². The van der Waals surface area contributed by atoms with E-state index >= 15 is 0 Å². The summed E-state index contributed by atoms with van der Waals surface area (Å²) in [4.78, 5) is 10.6. The van der Waals surface area contributed by atoms with Crippen molar-refractivity contribution in [3.05, 3.63) is 199 Å². The first-order chi connectivity index (χ1) is 26.7. The Labute approximate surface area is 311 Å². The highest BCUT2D eigenvalue weighted by Crippen LogP contribution is 2.35. The first-order valence-corrected chi connectivity index (χ1v) is 18.3. The molecule has 0 saturated carbocycles. The lowest BCUT2D eigenvalue weighted by molar-refractivity contribution is 0.668. The zero-order chi connectivity index (χ0) is 35.6. The van der Waals surface area contributed by atoms with E-state index in [0.717, 1.165) is 55.7 Å². The zero-order valence-electron chi connectivity index (χ0n) is 29.1. The Morgan fingerprint density at radius 1 is 0.500 bits per heavy atom. The van der Waals surface area contributed by atoms with Crippen LogP contribution in [0.25, 0.3) is 71.3 Å². The van der Waals surface area contributed by atoms with E-state index in [-0.39, 0.29) is 6.17 Å². The number of aliphatic imine (C=N–C) groups is 2. The fourth-order valence-electron chi connectivity index (χ4n) is 8.07. The molecule has 1 aliphatic rings. The topological polar surface area (TPSA) is 54.8 Å². The van der Waals surface area contributed by atoms with Crippen molar-refractivity contribution in [2.45, 2.75) is 6.17 Å². The number of aromatic nitrogens is 1. The molecule has 0 bridgehead atoms. The molecule has 0 spiro atoms. The maximum absolute atomic E-state index is 6.29. The van der Waals surface area contributed by atoms with Crippen LogP contribution in [0.5, 0.6) is 0 Å². The number of nitrogens with zero attached hydrogens (tertiary/aromatic N) is 3. The number of para-hydroxylation sites is 3. The van der Waals surface area contributed by atoms with E-state index in [1.54, 1.807) is 0 Å². The summed E-state index contributed by atoms with van der Waals surface area (Å²) in [6.07, 6.45) is -0.372. The number of nitrogens with one attached hydrogen (secondary N) is 1. The summed E-state index contributed by atoms with van der Waals surface area (Å²) in [6, 6.07) is 64.0. The monoisotopic (exact) mass is 692 g/mol. The summed E-state index contributed by atoms with van der Waals surface area (Å²) in [6.45, 7) is 0. The van der Waals surface area contributed by atoms with Gasteiger partial charge in [-0.3, -0.25) is 0 Å². The number of hydrogen-bond donors (Lipinski definition) is 1. The Hall–Kier alpha value is -7.24. The highest BCUT2D eigenvalue weighted by atomic mass is 16.3. The SMILES string of the molecule is c1cc(C2=NC(c3cccc4oc5ccccc5c34)=NC(c3ccc(-c4ccc5ccccc5c4)cc3)N2)cc(-n2c3ccccc3c3ccccc32)c1. The van der Waals surface area contributed by atoms with E-state index in [9.17, 15) is 0 Å². The molecule has 1 atom stereocenters. The molecular weight excluding hydrogens is 661 g/mol. The van der Waals surface area contributed by atoms with Crippen molar-refractivity contribution in [3.63, 3.8) is 0 Å². The molecule has 1 aliphatic heterocycles. The highest BCUT2D eigenvalue weighted by Gasteiger charge is 2.24. The van der Waals surface area contributed by atoms with Gasteiger partial charge in [0.15, 0.2) is 5.84 Å². The molecule has 1 unspecified atom stereocenters. The fourth-order valence-corrected chi connectivity index (χ4v) is 8.07. The van der Waals surface area contributed by atoms with Gasteiger partial charge in [-0.25, -0.2) is 9.98 Å². The van der Waals surface area contributed by atoms with E-state index < -0.39 is 0 Å². The molecule has 0 radical (unpaired) electrons. The molecule has 11 rings (SSSR count). The van der Waals surface area contributed by atoms with Gasteiger partial charge in [0.05, 0.1) is 11.0 Å². The Morgan fingerprint density at radius 3 is 1.98 bits per heavy atom. The van der Waals surface area contributed by atoms with Crippen molar-refractivity contribution in [2.24, 2.45) is 9.98 Å². The minimum absolute atomic E-state index is 0.372. The molecule has 10 aromatic rings. The second-order valence-corrected chi connectivity index (χ2v) is 13.8. The maximum atomic E-state index is 6.29. The van der Waals surface area contributed by atoms with Crippen molar-refractivity contribution >= 4 is 66.2 Å². The van der Waals surface area contributed by atoms with Gasteiger partial charge in [0, 0.05) is 38.4 Å². The molecule has 1 N–H and O–H groups in total. The third-order valence-electron chi connectivity index (χ3n) is 10.7. The first-order valence-electron chi connectivity index (χ1n) is 18.3. The zero-order valence-corrected chi connectivity index (χ0v) is 29.1. The van der Waals surface area contributed by atoms with Gasteiger partial charge in [0.25, 0.3) is 0 Å². The van der Waals surface area contributed by atoms with Crippen LogP contribution in [-0.2, 0) is 0 Å². The molecule has 5 heteroatoms. The van der Waals surface area contributed by atoms with Crippen molar-refractivity contribution in [1.29, 1.82) is 0 Å². The van der Waals surface area contributed by atoms with Crippen molar-refractivity contribution in [1.82, 2.24) is 9.88 Å². The van der Waals surface area contributed by atoms with Crippen LogP contribution < -0.4 is 5.32 Å². The summed E-state index contributed by atoms with van der Waals surface area (Å²) in [5.74, 6) is 1.42. The quantitative estimate of drug-likeness (QED) is 0.195. The van der Waals surface area contributed by atoms with Crippen LogP contribution in [-0.4, -0.2) is 16.2 Å². The normalized spacial score (nSPS) is 14.5. The fraction of sp³-hybridized carbons (Fsp3) is 0.0204. The van der Waals surface area contributed by atoms with Crippen LogP contribution in [0.2, 0.25) is 0 Å². The van der Waals surface area contributed by atoms with E-state index in [0.29, 0.717) is 5.84 Å². The molecule has 3 heterocycles. The van der Waals surface area contributed by atoms with Crippen LogP contribution in [0.1, 0.15) is 22.9 Å². The smallest absolute Gasteiger partial charge is 0.160 e. The molecule has 254 valence electrons. The van der Waals surface area contributed by atoms with Crippen LogP contribution in [0.3, 0.4) is 0 Å².